The maximum Gasteiger partial charge on any atom is 0.319 e. The molecule has 3 aromatic rings. The highest BCUT2D eigenvalue weighted by Crippen LogP contribution is 2.28. The quantitative estimate of drug-likeness (QED) is 0.255. The predicted octanol–water partition coefficient (Wildman–Crippen LogP) is 6.77. The number of anilines is 1. The van der Waals surface area contributed by atoms with Crippen molar-refractivity contribution in [3.63, 3.8) is 0 Å². The van der Waals surface area contributed by atoms with Gasteiger partial charge in [-0.2, -0.15) is 0 Å². The second kappa shape index (κ2) is 12.5. The number of urea groups is 1. The highest BCUT2D eigenvalue weighted by Gasteiger charge is 2.15. The van der Waals surface area contributed by atoms with Crippen molar-refractivity contribution in [2.75, 3.05) is 25.0 Å². The van der Waals surface area contributed by atoms with Crippen LogP contribution in [-0.4, -0.2) is 30.2 Å². The van der Waals surface area contributed by atoms with Crippen LogP contribution >= 0.6 is 46.4 Å². The molecule has 2 aromatic carbocycles. The molecule has 0 saturated carbocycles. The van der Waals surface area contributed by atoms with Crippen LogP contribution in [0.1, 0.15) is 23.5 Å². The fraction of sp³-hybridized carbons (Fsp3) is 0.292. The highest BCUT2D eigenvalue weighted by molar-refractivity contribution is 6.42. The molecule has 2 amide bonds. The highest BCUT2D eigenvalue weighted by atomic mass is 35.5. The molecule has 176 valence electrons. The van der Waals surface area contributed by atoms with Gasteiger partial charge in [0.2, 0.25) is 0 Å². The minimum absolute atomic E-state index is 0.0588. The Morgan fingerprint density at radius 2 is 1.67 bits per heavy atom. The number of nitrogens with zero attached hydrogens (tertiary/aromatic N) is 1. The van der Waals surface area contributed by atoms with Crippen LogP contribution in [0.2, 0.25) is 20.1 Å². The Hall–Kier alpha value is -1.89. The van der Waals surface area contributed by atoms with Crippen LogP contribution in [0.25, 0.3) is 0 Å². The predicted molar refractivity (Wildman–Crippen MR) is 139 cm³/mol. The number of halogens is 4. The fourth-order valence-corrected chi connectivity index (χ4v) is 4.07. The first-order valence-electron chi connectivity index (χ1n) is 10.6. The molecule has 1 aromatic heterocycles. The Labute approximate surface area is 214 Å². The molecule has 0 aliphatic heterocycles. The van der Waals surface area contributed by atoms with Crippen LogP contribution in [0, 0.1) is 0 Å². The zero-order valence-corrected chi connectivity index (χ0v) is 21.2. The van der Waals surface area contributed by atoms with Crippen molar-refractivity contribution < 1.29 is 4.79 Å². The number of amides is 2. The largest absolute Gasteiger partial charge is 0.357 e. The first-order valence-corrected chi connectivity index (χ1v) is 12.1. The third kappa shape index (κ3) is 8.13. The Kier molecular flexibility index (Phi) is 9.78. The fourth-order valence-electron chi connectivity index (χ4n) is 3.46. The number of aromatic nitrogens is 1. The summed E-state index contributed by atoms with van der Waals surface area (Å²) in [5.74, 6) is 0.0588. The molecular weight excluding hydrogens is 502 g/mol. The van der Waals surface area contributed by atoms with Gasteiger partial charge >= 0.3 is 6.03 Å². The summed E-state index contributed by atoms with van der Waals surface area (Å²) in [6, 6.07) is 12.3. The molecule has 0 fully saturated rings. The lowest BCUT2D eigenvalue weighted by Gasteiger charge is -2.19. The zero-order chi connectivity index (χ0) is 23.8. The molecule has 3 rings (SSSR count). The summed E-state index contributed by atoms with van der Waals surface area (Å²) in [5, 5.41) is 11.0. The lowest BCUT2D eigenvalue weighted by atomic mass is 9.95. The van der Waals surface area contributed by atoms with Crippen LogP contribution in [0.15, 0.2) is 54.9 Å². The van der Waals surface area contributed by atoms with E-state index in [1.54, 1.807) is 24.3 Å². The first kappa shape index (κ1) is 25.7. The van der Waals surface area contributed by atoms with Crippen LogP contribution in [0.4, 0.5) is 10.5 Å². The molecule has 0 radical (unpaired) electrons. The van der Waals surface area contributed by atoms with Crippen molar-refractivity contribution in [2.24, 2.45) is 7.05 Å². The van der Waals surface area contributed by atoms with E-state index in [1.807, 2.05) is 29.9 Å². The number of aryl methyl sites for hydroxylation is 1. The Morgan fingerprint density at radius 3 is 2.33 bits per heavy atom. The molecule has 1 heterocycles. The topological polar surface area (TPSA) is 58.1 Å². The number of carbonyl (C=O) groups excluding carboxylic acids is 1. The third-order valence-electron chi connectivity index (χ3n) is 5.25. The maximum absolute atomic E-state index is 12.4. The number of rotatable bonds is 10. The molecule has 0 aliphatic rings. The van der Waals surface area contributed by atoms with Gasteiger partial charge in [-0.05, 0) is 73.5 Å². The van der Waals surface area contributed by atoms with Gasteiger partial charge in [0.1, 0.15) is 0 Å². The van der Waals surface area contributed by atoms with E-state index in [-0.39, 0.29) is 11.9 Å². The van der Waals surface area contributed by atoms with E-state index >= 15 is 0 Å². The van der Waals surface area contributed by atoms with Gasteiger partial charge in [0.25, 0.3) is 0 Å². The molecule has 0 spiro atoms. The Morgan fingerprint density at radius 1 is 0.939 bits per heavy atom. The lowest BCUT2D eigenvalue weighted by molar-refractivity contribution is 0.251. The molecule has 3 N–H and O–H groups in total. The minimum atomic E-state index is -0.324. The SMILES string of the molecule is Cn1ccc(CCNCCC(CNC(=O)Nc2ccc(Cl)c(Cl)c2)c2ccc(Cl)c(Cl)c2)c1. The monoisotopic (exact) mass is 526 g/mol. The van der Waals surface area contributed by atoms with Crippen molar-refractivity contribution >= 4 is 58.1 Å². The van der Waals surface area contributed by atoms with Crippen molar-refractivity contribution in [2.45, 2.75) is 18.8 Å². The molecule has 9 heteroatoms. The normalized spacial score (nSPS) is 11.9. The molecule has 5 nitrogen and oxygen atoms in total. The van der Waals surface area contributed by atoms with Crippen LogP contribution in [0.5, 0.6) is 0 Å². The smallest absolute Gasteiger partial charge is 0.319 e. The number of nitrogens with one attached hydrogen (secondary N) is 3. The minimum Gasteiger partial charge on any atom is -0.357 e. The summed E-state index contributed by atoms with van der Waals surface area (Å²) in [7, 11) is 2.02. The lowest BCUT2D eigenvalue weighted by Crippen LogP contribution is -2.33. The molecule has 0 aliphatic carbocycles. The van der Waals surface area contributed by atoms with E-state index in [0.717, 1.165) is 31.5 Å². The van der Waals surface area contributed by atoms with E-state index in [2.05, 4.69) is 28.2 Å². The summed E-state index contributed by atoms with van der Waals surface area (Å²) in [6.07, 6.45) is 5.95. The van der Waals surface area contributed by atoms with Crippen LogP contribution < -0.4 is 16.0 Å². The van der Waals surface area contributed by atoms with Gasteiger partial charge < -0.3 is 20.5 Å². The van der Waals surface area contributed by atoms with Gasteiger partial charge in [-0.25, -0.2) is 4.79 Å². The van der Waals surface area contributed by atoms with Gasteiger partial charge in [0.05, 0.1) is 20.1 Å². The number of hydrogen-bond acceptors (Lipinski definition) is 2. The average Bonchev–Trinajstić information content (AvgIpc) is 3.19. The van der Waals surface area contributed by atoms with E-state index in [1.165, 1.54) is 5.56 Å². The third-order valence-corrected chi connectivity index (χ3v) is 6.73. The van der Waals surface area contributed by atoms with Gasteiger partial charge in [0, 0.05) is 37.6 Å². The summed E-state index contributed by atoms with van der Waals surface area (Å²) in [6.45, 7) is 2.11. The number of benzene rings is 2. The van der Waals surface area contributed by atoms with E-state index in [4.69, 9.17) is 46.4 Å². The molecule has 1 unspecified atom stereocenters. The molecular formula is C24H26Cl4N4O. The average molecular weight is 528 g/mol. The zero-order valence-electron chi connectivity index (χ0n) is 18.2. The van der Waals surface area contributed by atoms with E-state index in [0.29, 0.717) is 32.3 Å². The Balaban J connectivity index is 1.54. The van der Waals surface area contributed by atoms with Crippen LogP contribution in [-0.2, 0) is 13.5 Å². The Bertz CT molecular complexity index is 1090. The van der Waals surface area contributed by atoms with Crippen molar-refractivity contribution in [3.05, 3.63) is 86.1 Å². The second-order valence-corrected chi connectivity index (χ2v) is 9.44. The number of carbonyl (C=O) groups is 1. The molecule has 33 heavy (non-hydrogen) atoms. The number of hydrogen-bond donors (Lipinski definition) is 3. The summed E-state index contributed by atoms with van der Waals surface area (Å²) in [5.41, 5.74) is 2.88. The summed E-state index contributed by atoms with van der Waals surface area (Å²) >= 11 is 24.3. The van der Waals surface area contributed by atoms with Gasteiger partial charge in [-0.1, -0.05) is 52.5 Å². The van der Waals surface area contributed by atoms with Crippen LogP contribution in [0.3, 0.4) is 0 Å². The van der Waals surface area contributed by atoms with Gasteiger partial charge in [-0.3, -0.25) is 0 Å². The van der Waals surface area contributed by atoms with Gasteiger partial charge in [0.15, 0.2) is 0 Å². The van der Waals surface area contributed by atoms with E-state index < -0.39 is 0 Å². The van der Waals surface area contributed by atoms with Gasteiger partial charge in [-0.15, -0.1) is 0 Å². The molecule has 0 saturated heterocycles. The van der Waals surface area contributed by atoms with E-state index in [9.17, 15) is 4.79 Å². The standard InChI is InChI=1S/C24H26Cl4N4O/c1-32-11-8-16(15-32)6-9-29-10-7-18(17-2-4-20(25)22(27)12-17)14-30-24(33)31-19-3-5-21(26)23(28)13-19/h2-5,8,11-13,15,18,29H,6-7,9-10,14H2,1H3,(H2,30,31,33). The molecule has 1 atom stereocenters. The first-order chi connectivity index (χ1) is 15.8. The van der Waals surface area contributed by atoms with Crippen molar-refractivity contribution in [1.29, 1.82) is 0 Å². The summed E-state index contributed by atoms with van der Waals surface area (Å²) in [4.78, 5) is 12.4. The second-order valence-electron chi connectivity index (χ2n) is 7.81. The summed E-state index contributed by atoms with van der Waals surface area (Å²) < 4.78 is 2.05. The van der Waals surface area contributed by atoms with Crippen molar-refractivity contribution in [3.8, 4) is 0 Å². The maximum atomic E-state index is 12.4. The van der Waals surface area contributed by atoms with Crippen molar-refractivity contribution in [1.82, 2.24) is 15.2 Å². The molecule has 0 bridgehead atoms.